The molecule has 0 aliphatic carbocycles. The molecule has 0 aliphatic heterocycles. The van der Waals surface area contributed by atoms with E-state index in [1.807, 2.05) is 58.0 Å². The zero-order chi connectivity index (χ0) is 28.0. The van der Waals surface area contributed by atoms with Crippen LogP contribution in [0.2, 0.25) is 5.02 Å². The maximum atomic E-state index is 13.4. The van der Waals surface area contributed by atoms with Crippen molar-refractivity contribution in [3.8, 4) is 11.4 Å². The largest absolute Gasteiger partial charge is 0.493 e. The molecule has 1 N–H and O–H groups in total. The summed E-state index contributed by atoms with van der Waals surface area (Å²) in [6, 6.07) is 14.2. The van der Waals surface area contributed by atoms with Crippen molar-refractivity contribution in [2.75, 3.05) is 19.0 Å². The lowest BCUT2D eigenvalue weighted by atomic mass is 9.82. The monoisotopic (exact) mass is 541 g/mol. The minimum Gasteiger partial charge on any atom is -0.493 e. The molecule has 3 rings (SSSR count). The van der Waals surface area contributed by atoms with Crippen LogP contribution in [-0.4, -0.2) is 34.8 Å². The highest BCUT2D eigenvalue weighted by molar-refractivity contribution is 6.31. The fourth-order valence-electron chi connectivity index (χ4n) is 4.47. The molecule has 1 heterocycles. The molecule has 1 amide bonds. The molecule has 0 saturated heterocycles. The van der Waals surface area contributed by atoms with Crippen molar-refractivity contribution >= 4 is 29.0 Å². The number of ether oxygens (including phenoxy) is 2. The van der Waals surface area contributed by atoms with Gasteiger partial charge >= 0.3 is 0 Å². The molecule has 0 radical (unpaired) electrons. The molecule has 0 spiro atoms. The van der Waals surface area contributed by atoms with Crippen LogP contribution >= 0.6 is 11.6 Å². The number of carbonyl (C=O) groups excluding carboxylic acids is 2. The van der Waals surface area contributed by atoms with Crippen molar-refractivity contribution in [1.82, 2.24) is 9.36 Å². The number of amides is 1. The number of nitrogens with zero attached hydrogens (tertiary/aromatic N) is 2. The van der Waals surface area contributed by atoms with Crippen LogP contribution in [0.4, 0.5) is 5.69 Å². The van der Waals surface area contributed by atoms with E-state index < -0.39 is 11.5 Å². The van der Waals surface area contributed by atoms with Crippen molar-refractivity contribution in [1.29, 1.82) is 0 Å². The summed E-state index contributed by atoms with van der Waals surface area (Å²) >= 11 is 6.11. The quantitative estimate of drug-likeness (QED) is 0.286. The van der Waals surface area contributed by atoms with Crippen LogP contribution in [0.15, 0.2) is 53.3 Å². The Morgan fingerprint density at radius 3 is 2.45 bits per heavy atom. The van der Waals surface area contributed by atoms with E-state index in [0.29, 0.717) is 40.7 Å². The third-order valence-corrected chi connectivity index (χ3v) is 6.76. The van der Waals surface area contributed by atoms with Gasteiger partial charge in [-0.25, -0.2) is 4.68 Å². The summed E-state index contributed by atoms with van der Waals surface area (Å²) < 4.78 is 14.3. The number of anilines is 1. The van der Waals surface area contributed by atoms with Gasteiger partial charge in [-0.2, -0.15) is 0 Å². The van der Waals surface area contributed by atoms with E-state index in [4.69, 9.17) is 21.1 Å². The number of carbonyl (C=O) groups is 2. The molecule has 1 aromatic heterocycles. The predicted molar refractivity (Wildman–Crippen MR) is 150 cm³/mol. The number of hydrogen-bond acceptors (Lipinski definition) is 5. The van der Waals surface area contributed by atoms with Gasteiger partial charge in [0.1, 0.15) is 11.4 Å². The molecular weight excluding hydrogens is 506 g/mol. The first-order valence-electron chi connectivity index (χ1n) is 12.6. The van der Waals surface area contributed by atoms with Gasteiger partial charge in [-0.15, -0.1) is 0 Å². The second-order valence-electron chi connectivity index (χ2n) is 10.0. The molecule has 1 unspecified atom stereocenters. The highest BCUT2D eigenvalue weighted by atomic mass is 35.5. The maximum absolute atomic E-state index is 13.4. The highest BCUT2D eigenvalue weighted by Crippen LogP contribution is 2.31. The van der Waals surface area contributed by atoms with Crippen molar-refractivity contribution in [2.24, 2.45) is 12.5 Å². The number of halogens is 1. The number of nitrogens with one attached hydrogen (secondary N) is 1. The fraction of sp³-hybridized carbons (Fsp3) is 0.414. The molecule has 204 valence electrons. The van der Waals surface area contributed by atoms with Crippen LogP contribution < -0.4 is 15.6 Å². The molecule has 3 aromatic rings. The van der Waals surface area contributed by atoms with Gasteiger partial charge in [-0.1, -0.05) is 43.6 Å². The molecule has 0 aliphatic rings. The fourth-order valence-corrected chi connectivity index (χ4v) is 4.64. The van der Waals surface area contributed by atoms with Crippen LogP contribution in [0.3, 0.4) is 0 Å². The van der Waals surface area contributed by atoms with Crippen LogP contribution in [0, 0.1) is 5.41 Å². The number of rotatable bonds is 12. The Bertz CT molecular complexity index is 1340. The van der Waals surface area contributed by atoms with Gasteiger partial charge in [0, 0.05) is 32.0 Å². The summed E-state index contributed by atoms with van der Waals surface area (Å²) in [6.07, 6.45) is 0.366. The first-order chi connectivity index (χ1) is 18.0. The van der Waals surface area contributed by atoms with Gasteiger partial charge < -0.3 is 14.8 Å². The number of Topliss-reactive ketones (excluding diaryl/α,β-unsaturated/α-hetero) is 1. The molecule has 0 bridgehead atoms. The number of benzene rings is 2. The second-order valence-corrected chi connectivity index (χ2v) is 10.4. The van der Waals surface area contributed by atoms with E-state index in [0.717, 1.165) is 0 Å². The zero-order valence-electron chi connectivity index (χ0n) is 22.8. The second kappa shape index (κ2) is 12.5. The summed E-state index contributed by atoms with van der Waals surface area (Å²) in [6.45, 7) is 7.95. The Labute approximate surface area is 228 Å². The van der Waals surface area contributed by atoms with Gasteiger partial charge in [-0.3, -0.25) is 19.1 Å². The summed E-state index contributed by atoms with van der Waals surface area (Å²) in [4.78, 5) is 39.6. The van der Waals surface area contributed by atoms with Gasteiger partial charge in [0.2, 0.25) is 5.91 Å². The first kappa shape index (κ1) is 29.2. The molecule has 0 saturated carbocycles. The number of para-hydroxylation sites is 1. The molecule has 8 nitrogen and oxygen atoms in total. The van der Waals surface area contributed by atoms with Crippen molar-refractivity contribution in [2.45, 2.75) is 53.1 Å². The third kappa shape index (κ3) is 6.74. The Morgan fingerprint density at radius 1 is 1.13 bits per heavy atom. The summed E-state index contributed by atoms with van der Waals surface area (Å²) in [7, 11) is 3.31. The maximum Gasteiger partial charge on any atom is 0.295 e. The van der Waals surface area contributed by atoms with E-state index in [9.17, 15) is 14.4 Å². The van der Waals surface area contributed by atoms with Gasteiger partial charge in [0.25, 0.3) is 5.56 Å². The van der Waals surface area contributed by atoms with Gasteiger partial charge in [-0.05, 0) is 56.0 Å². The van der Waals surface area contributed by atoms with Crippen LogP contribution in [0.25, 0.3) is 5.69 Å². The summed E-state index contributed by atoms with van der Waals surface area (Å²) in [5, 5.41) is 3.30. The smallest absolute Gasteiger partial charge is 0.295 e. The summed E-state index contributed by atoms with van der Waals surface area (Å²) in [5.41, 5.74) is 1.00. The minimum atomic E-state index is -0.510. The first-order valence-corrected chi connectivity index (χ1v) is 13.0. The van der Waals surface area contributed by atoms with E-state index >= 15 is 0 Å². The topological polar surface area (TPSA) is 91.6 Å². The summed E-state index contributed by atoms with van der Waals surface area (Å²) in [5.74, 6) is 0.0816. The molecule has 2 aromatic carbocycles. The molecular formula is C29H36ClN3O5. The van der Waals surface area contributed by atoms with Crippen LogP contribution in [0.5, 0.6) is 5.75 Å². The van der Waals surface area contributed by atoms with E-state index in [2.05, 4.69) is 5.32 Å². The lowest BCUT2D eigenvalue weighted by Crippen LogP contribution is -2.26. The molecule has 1 atom stereocenters. The molecule has 38 heavy (non-hydrogen) atoms. The number of aromatic nitrogens is 2. The predicted octanol–water partition coefficient (Wildman–Crippen LogP) is 5.95. The SMILES string of the molecule is CCOc1ccc(Cl)cc1C(=O)CCC(C)(C)CC(=O)Nc1c(C(C)OC)n(C)n(-c2ccccc2)c1=O. The molecule has 0 fully saturated rings. The van der Waals surface area contributed by atoms with Gasteiger partial charge in [0.05, 0.1) is 29.7 Å². The minimum absolute atomic E-state index is 0.102. The Hall–Kier alpha value is -3.36. The normalized spacial score (nSPS) is 12.3. The van der Waals surface area contributed by atoms with Crippen molar-refractivity contribution < 1.29 is 19.1 Å². The standard InChI is InChI=1S/C29H36ClN3O5/c1-7-38-24-14-13-20(30)17-22(24)23(34)15-16-29(3,4)18-25(35)31-26-27(19(2)37-6)32(5)33(28(26)36)21-11-9-8-10-12-21/h8-14,17,19H,7,15-16,18H2,1-6H3,(H,31,35). The lowest BCUT2D eigenvalue weighted by molar-refractivity contribution is -0.118. The number of hydrogen-bond donors (Lipinski definition) is 1. The Morgan fingerprint density at radius 2 is 1.82 bits per heavy atom. The van der Waals surface area contributed by atoms with Crippen LogP contribution in [-0.2, 0) is 16.6 Å². The Kier molecular flexibility index (Phi) is 9.57. The van der Waals surface area contributed by atoms with E-state index in [-0.39, 0.29) is 35.8 Å². The number of methoxy groups -OCH3 is 1. The number of ketones is 1. The lowest BCUT2D eigenvalue weighted by Gasteiger charge is -2.24. The highest BCUT2D eigenvalue weighted by Gasteiger charge is 2.28. The third-order valence-electron chi connectivity index (χ3n) is 6.52. The average Bonchev–Trinajstić information content (AvgIpc) is 3.12. The van der Waals surface area contributed by atoms with Gasteiger partial charge in [0.15, 0.2) is 5.78 Å². The van der Waals surface area contributed by atoms with E-state index in [1.165, 1.54) is 4.68 Å². The Balaban J connectivity index is 1.77. The van der Waals surface area contributed by atoms with E-state index in [1.54, 1.807) is 37.0 Å². The molecule has 9 heteroatoms. The van der Waals surface area contributed by atoms with Crippen molar-refractivity contribution in [3.63, 3.8) is 0 Å². The zero-order valence-corrected chi connectivity index (χ0v) is 23.6. The average molecular weight is 542 g/mol. The van der Waals surface area contributed by atoms with Crippen molar-refractivity contribution in [3.05, 3.63) is 75.2 Å². The van der Waals surface area contributed by atoms with Crippen LogP contribution in [0.1, 0.15) is 69.1 Å².